The largest absolute Gasteiger partial charge is 1.00 e. The van der Waals surface area contributed by atoms with Crippen LogP contribution in [0.2, 0.25) is 0 Å². The van der Waals surface area contributed by atoms with Crippen LogP contribution in [0.1, 0.15) is 5.56 Å². The molecule has 1 rings (SSSR count). The van der Waals surface area contributed by atoms with Crippen LogP contribution < -0.4 is 29.6 Å². The average Bonchev–Trinajstić information content (AvgIpc) is 2.03. The zero-order valence-corrected chi connectivity index (χ0v) is 10.8. The summed E-state index contributed by atoms with van der Waals surface area (Å²) in [6, 6.07) is 8.70. The second-order valence-corrected chi connectivity index (χ2v) is 2.52. The van der Waals surface area contributed by atoms with Gasteiger partial charge in [-0.2, -0.15) is 16.3 Å². The van der Waals surface area contributed by atoms with Gasteiger partial charge in [-0.1, -0.05) is 6.07 Å². The van der Waals surface area contributed by atoms with Crippen molar-refractivity contribution in [1.29, 1.82) is 0 Å². The first-order valence-corrected chi connectivity index (χ1v) is 4.42. The van der Waals surface area contributed by atoms with E-state index in [1.165, 1.54) is 0 Å². The van der Waals surface area contributed by atoms with Crippen molar-refractivity contribution in [2.75, 3.05) is 0 Å². The SMILES string of the molecule is O=S(O)O.O=[N+]([O-])[CH-]c1ccccc1.[Na+]. The summed E-state index contributed by atoms with van der Waals surface area (Å²) in [5, 5.41) is 9.92. The summed E-state index contributed by atoms with van der Waals surface area (Å²) in [7, 11) is 0. The fourth-order valence-corrected chi connectivity index (χ4v) is 0.661. The third-order valence-corrected chi connectivity index (χ3v) is 1.05. The zero-order valence-electron chi connectivity index (χ0n) is 7.94. The van der Waals surface area contributed by atoms with Gasteiger partial charge in [0.25, 0.3) is 11.4 Å². The van der Waals surface area contributed by atoms with E-state index in [2.05, 4.69) is 0 Å². The van der Waals surface area contributed by atoms with Gasteiger partial charge in [0.1, 0.15) is 6.54 Å². The standard InChI is InChI=1S/C7H6NO2.Na.H2O3S/c9-8(10)6-7-4-2-1-3-5-7;;1-4(2)3/h1-6H;;(H2,1,2,3)/q-1;+1;. The minimum atomic E-state index is -2.61. The molecule has 0 aromatic heterocycles. The Morgan fingerprint density at radius 3 is 2.00 bits per heavy atom. The van der Waals surface area contributed by atoms with E-state index in [0.29, 0.717) is 5.56 Å². The quantitative estimate of drug-likeness (QED) is 0.208. The second kappa shape index (κ2) is 10.1. The minimum Gasteiger partial charge on any atom is -0.284 e. The minimum absolute atomic E-state index is 0. The molecule has 0 aliphatic carbocycles. The van der Waals surface area contributed by atoms with Crippen molar-refractivity contribution in [1.82, 2.24) is 0 Å². The van der Waals surface area contributed by atoms with E-state index in [1.807, 2.05) is 6.07 Å². The average molecular weight is 241 g/mol. The van der Waals surface area contributed by atoms with Crippen LogP contribution in [0.5, 0.6) is 0 Å². The number of nitrogens with zero attached hydrogens (tertiary/aromatic N) is 1. The molecule has 1 aromatic carbocycles. The Morgan fingerprint density at radius 2 is 1.67 bits per heavy atom. The predicted octanol–water partition coefficient (Wildman–Crippen LogP) is -1.84. The molecule has 0 spiro atoms. The van der Waals surface area contributed by atoms with Gasteiger partial charge >= 0.3 is 29.6 Å². The van der Waals surface area contributed by atoms with E-state index in [0.717, 1.165) is 6.54 Å². The molecule has 0 amide bonds. The molecular weight excluding hydrogens is 233 g/mol. The van der Waals surface area contributed by atoms with Crippen molar-refractivity contribution >= 4 is 11.4 Å². The fraction of sp³-hybridized carbons (Fsp3) is 0. The number of nitro groups is 1. The molecule has 0 aliphatic rings. The van der Waals surface area contributed by atoms with E-state index in [4.69, 9.17) is 13.3 Å². The predicted molar refractivity (Wildman–Crippen MR) is 50.2 cm³/mol. The second-order valence-electron chi connectivity index (χ2n) is 2.06. The summed E-state index contributed by atoms with van der Waals surface area (Å²) in [6.07, 6.45) is 0. The normalized spacial score (nSPS) is 8.20. The summed E-state index contributed by atoms with van der Waals surface area (Å²) in [4.78, 5) is 9.46. The van der Waals surface area contributed by atoms with Crippen LogP contribution in [0.3, 0.4) is 0 Å². The molecule has 0 saturated heterocycles. The molecular formula is C7H8NNaO5S. The molecule has 6 nitrogen and oxygen atoms in total. The maximum Gasteiger partial charge on any atom is 1.00 e. The van der Waals surface area contributed by atoms with Crippen LogP contribution in [0.25, 0.3) is 0 Å². The van der Waals surface area contributed by atoms with Gasteiger partial charge in [-0.05, 0) is 4.92 Å². The van der Waals surface area contributed by atoms with Crippen LogP contribution in [-0.4, -0.2) is 18.2 Å². The molecule has 0 bridgehead atoms. The monoisotopic (exact) mass is 241 g/mol. The molecule has 15 heavy (non-hydrogen) atoms. The first kappa shape index (κ1) is 17.0. The third kappa shape index (κ3) is 13.6. The molecule has 1 aromatic rings. The summed E-state index contributed by atoms with van der Waals surface area (Å²) in [5.74, 6) is 0. The Morgan fingerprint density at radius 1 is 1.27 bits per heavy atom. The molecule has 8 heteroatoms. The topological polar surface area (TPSA) is 101 Å². The summed E-state index contributed by atoms with van der Waals surface area (Å²) in [6.45, 7) is 0.972. The Bertz CT molecular complexity index is 304. The van der Waals surface area contributed by atoms with Crippen molar-refractivity contribution in [3.63, 3.8) is 0 Å². The molecule has 0 fully saturated rings. The van der Waals surface area contributed by atoms with E-state index in [1.54, 1.807) is 24.3 Å². The van der Waals surface area contributed by atoms with Gasteiger partial charge in [0.15, 0.2) is 0 Å². The third-order valence-electron chi connectivity index (χ3n) is 1.05. The number of benzene rings is 1. The van der Waals surface area contributed by atoms with E-state index < -0.39 is 16.3 Å². The van der Waals surface area contributed by atoms with Gasteiger partial charge in [0.05, 0.1) is 0 Å². The van der Waals surface area contributed by atoms with Gasteiger partial charge < -0.3 is 0 Å². The maximum atomic E-state index is 9.92. The molecule has 2 N–H and O–H groups in total. The molecule has 0 radical (unpaired) electrons. The van der Waals surface area contributed by atoms with Gasteiger partial charge in [-0.25, -0.2) is 0 Å². The Kier molecular flexibility index (Phi) is 11.4. The molecule has 0 aliphatic heterocycles. The Labute approximate surface area is 111 Å². The molecule has 0 heterocycles. The Balaban J connectivity index is 0. The zero-order chi connectivity index (χ0) is 11.0. The van der Waals surface area contributed by atoms with Crippen molar-refractivity contribution in [3.8, 4) is 0 Å². The van der Waals surface area contributed by atoms with Crippen molar-refractivity contribution in [3.05, 3.63) is 52.6 Å². The van der Waals surface area contributed by atoms with Gasteiger partial charge in [0, 0.05) is 0 Å². The van der Waals surface area contributed by atoms with Crippen molar-refractivity contribution < 1.29 is 47.8 Å². The van der Waals surface area contributed by atoms with Crippen molar-refractivity contribution in [2.45, 2.75) is 0 Å². The van der Waals surface area contributed by atoms with Crippen LogP contribution >= 0.6 is 0 Å². The van der Waals surface area contributed by atoms with E-state index >= 15 is 0 Å². The van der Waals surface area contributed by atoms with Gasteiger partial charge in [0.2, 0.25) is 0 Å². The summed E-state index contributed by atoms with van der Waals surface area (Å²) >= 11 is -2.61. The number of hydrogen-bond acceptors (Lipinski definition) is 3. The van der Waals surface area contributed by atoms with Gasteiger partial charge in [-0.15, -0.1) is 17.7 Å². The van der Waals surface area contributed by atoms with Crippen LogP contribution in [0, 0.1) is 16.7 Å². The first-order valence-electron chi connectivity index (χ1n) is 3.35. The first-order chi connectivity index (χ1) is 6.52. The summed E-state index contributed by atoms with van der Waals surface area (Å²) < 4.78 is 22.8. The maximum absolute atomic E-state index is 9.92. The summed E-state index contributed by atoms with van der Waals surface area (Å²) in [5.41, 5.74) is 0.618. The molecule has 0 atom stereocenters. The smallest absolute Gasteiger partial charge is 0.284 e. The van der Waals surface area contributed by atoms with Crippen molar-refractivity contribution in [2.24, 2.45) is 0 Å². The van der Waals surface area contributed by atoms with Crippen LogP contribution in [0.4, 0.5) is 0 Å². The Hall–Kier alpha value is -0.440. The van der Waals surface area contributed by atoms with Crippen LogP contribution in [0.15, 0.2) is 30.3 Å². The van der Waals surface area contributed by atoms with E-state index in [-0.39, 0.29) is 29.6 Å². The van der Waals surface area contributed by atoms with Crippen LogP contribution in [-0.2, 0) is 11.4 Å². The fourth-order valence-electron chi connectivity index (χ4n) is 0.661. The van der Waals surface area contributed by atoms with Gasteiger partial charge in [-0.3, -0.25) is 19.2 Å². The number of hydrogen-bond donors (Lipinski definition) is 2. The molecule has 0 saturated carbocycles. The molecule has 0 unspecified atom stereocenters. The molecule has 78 valence electrons. The number of rotatable bonds is 2. The van der Waals surface area contributed by atoms with E-state index in [9.17, 15) is 10.1 Å².